The van der Waals surface area contributed by atoms with Crippen LogP contribution in [0.15, 0.2) is 18.2 Å². The summed E-state index contributed by atoms with van der Waals surface area (Å²) in [6, 6.07) is 3.99. The molecule has 4 rings (SSSR count). The second-order valence-electron chi connectivity index (χ2n) is 8.80. The van der Waals surface area contributed by atoms with Gasteiger partial charge in [-0.3, -0.25) is 0 Å². The lowest BCUT2D eigenvalue weighted by Gasteiger charge is -2.44. The molecule has 1 fully saturated rings. The van der Waals surface area contributed by atoms with E-state index in [1.54, 1.807) is 6.07 Å². The topological polar surface area (TPSA) is 65.2 Å². The number of nitrogens with one attached hydrogen (secondary N) is 2. The third-order valence-electron chi connectivity index (χ3n) is 6.72. The molecule has 1 saturated heterocycles. The Balaban J connectivity index is 1.51. The Bertz CT molecular complexity index is 1030. The number of benzene rings is 1. The largest absolute Gasteiger partial charge is 0.416 e. The minimum absolute atomic E-state index is 0.174. The van der Waals surface area contributed by atoms with E-state index < -0.39 is 21.8 Å². The van der Waals surface area contributed by atoms with Crippen molar-refractivity contribution in [2.45, 2.75) is 38.3 Å². The van der Waals surface area contributed by atoms with Gasteiger partial charge in [0.1, 0.15) is 0 Å². The van der Waals surface area contributed by atoms with Gasteiger partial charge in [-0.05, 0) is 73.9 Å². The molecule has 0 saturated carbocycles. The van der Waals surface area contributed by atoms with Crippen LogP contribution in [0.1, 0.15) is 42.5 Å². The number of likely N-dealkylation sites (tertiary alicyclic amines) is 1. The van der Waals surface area contributed by atoms with Gasteiger partial charge in [0.05, 0.1) is 11.8 Å². The quantitative estimate of drug-likeness (QED) is 0.693. The molecule has 0 amide bonds. The second-order valence-corrected chi connectivity index (χ2v) is 10.6. The summed E-state index contributed by atoms with van der Waals surface area (Å²) >= 11 is 0. The predicted molar refractivity (Wildman–Crippen MR) is 111 cm³/mol. The molecule has 0 spiro atoms. The van der Waals surface area contributed by atoms with Gasteiger partial charge in [0, 0.05) is 29.7 Å². The number of aromatic amines is 1. The number of halogens is 3. The maximum atomic E-state index is 13.2. The van der Waals surface area contributed by atoms with Gasteiger partial charge in [0.25, 0.3) is 0 Å². The molecule has 9 heteroatoms. The van der Waals surface area contributed by atoms with E-state index in [1.807, 2.05) is 0 Å². The number of rotatable bonds is 5. The zero-order valence-corrected chi connectivity index (χ0v) is 18.0. The van der Waals surface area contributed by atoms with Crippen molar-refractivity contribution in [3.8, 4) is 0 Å². The first-order valence-corrected chi connectivity index (χ1v) is 12.3. The van der Waals surface area contributed by atoms with Crippen molar-refractivity contribution in [1.29, 1.82) is 0 Å². The Labute approximate surface area is 175 Å². The molecule has 3 atom stereocenters. The summed E-state index contributed by atoms with van der Waals surface area (Å²) < 4.78 is 64.6. The molecule has 1 aliphatic heterocycles. The molecule has 166 valence electrons. The smallest absolute Gasteiger partial charge is 0.358 e. The average molecular weight is 444 g/mol. The highest BCUT2D eigenvalue weighted by Crippen LogP contribution is 2.46. The zero-order chi connectivity index (χ0) is 21.7. The van der Waals surface area contributed by atoms with Crippen LogP contribution in [0.5, 0.6) is 0 Å². The first kappa shape index (κ1) is 21.6. The molecule has 1 aromatic carbocycles. The number of piperidine rings is 1. The number of nitrogens with zero attached hydrogens (tertiary/aromatic N) is 1. The SMILES string of the molecule is C[C@H]1c2c([nH]c3ccc(C(F)(F)F)cc23)C[C@H]2CCN(CCCNS(C)(=O)=O)C[C@@H]21. The molecule has 2 aromatic rings. The van der Waals surface area contributed by atoms with E-state index >= 15 is 0 Å². The normalized spacial score (nSPS) is 25.3. The fourth-order valence-electron chi connectivity index (χ4n) is 5.29. The summed E-state index contributed by atoms with van der Waals surface area (Å²) in [5, 5.41) is 0.695. The lowest BCUT2D eigenvalue weighted by molar-refractivity contribution is -0.137. The van der Waals surface area contributed by atoms with Crippen LogP contribution < -0.4 is 4.72 Å². The van der Waals surface area contributed by atoms with Crippen LogP contribution in [0.4, 0.5) is 13.2 Å². The minimum Gasteiger partial charge on any atom is -0.358 e. The number of aromatic nitrogens is 1. The third kappa shape index (κ3) is 4.38. The number of alkyl halides is 3. The Kier molecular flexibility index (Phi) is 5.65. The van der Waals surface area contributed by atoms with Gasteiger partial charge in [0.2, 0.25) is 10.0 Å². The highest BCUT2D eigenvalue weighted by Gasteiger charge is 2.40. The van der Waals surface area contributed by atoms with E-state index in [-0.39, 0.29) is 5.92 Å². The first-order chi connectivity index (χ1) is 14.0. The molecule has 0 unspecified atom stereocenters. The Morgan fingerprint density at radius 2 is 2.07 bits per heavy atom. The van der Waals surface area contributed by atoms with Crippen molar-refractivity contribution < 1.29 is 21.6 Å². The predicted octanol–water partition coefficient (Wildman–Crippen LogP) is 3.72. The highest BCUT2D eigenvalue weighted by atomic mass is 32.2. The van der Waals surface area contributed by atoms with Crippen molar-refractivity contribution in [1.82, 2.24) is 14.6 Å². The Morgan fingerprint density at radius 1 is 1.30 bits per heavy atom. The molecule has 0 bridgehead atoms. The van der Waals surface area contributed by atoms with Gasteiger partial charge >= 0.3 is 6.18 Å². The summed E-state index contributed by atoms with van der Waals surface area (Å²) in [5.74, 6) is 1.09. The first-order valence-electron chi connectivity index (χ1n) is 10.4. The molecule has 2 aliphatic rings. The lowest BCUT2D eigenvalue weighted by Crippen LogP contribution is -2.45. The maximum Gasteiger partial charge on any atom is 0.416 e. The highest BCUT2D eigenvalue weighted by molar-refractivity contribution is 7.88. The Morgan fingerprint density at radius 3 is 2.77 bits per heavy atom. The van der Waals surface area contributed by atoms with Crippen LogP contribution in [-0.2, 0) is 22.6 Å². The Hall–Kier alpha value is -1.58. The molecular formula is C21H28F3N3O2S. The molecule has 1 aromatic heterocycles. The van der Waals surface area contributed by atoms with Gasteiger partial charge < -0.3 is 9.88 Å². The van der Waals surface area contributed by atoms with Crippen molar-refractivity contribution in [2.75, 3.05) is 32.4 Å². The minimum atomic E-state index is -4.35. The average Bonchev–Trinajstić information content (AvgIpc) is 3.02. The molecule has 2 N–H and O–H groups in total. The standard InChI is InChI=1S/C21H28F3N3O2S/c1-13-17-12-27(8-3-7-25-30(2,28)29)9-6-14(17)10-19-20(13)16-11-15(21(22,23)24)4-5-18(16)26-19/h4-5,11,13-14,17,25-26H,3,6-10,12H2,1-2H3/t13-,14-,17-/m1/s1. The number of hydrogen-bond donors (Lipinski definition) is 2. The second kappa shape index (κ2) is 7.84. The summed E-state index contributed by atoms with van der Waals surface area (Å²) in [7, 11) is -3.17. The van der Waals surface area contributed by atoms with Gasteiger partial charge in [0.15, 0.2) is 0 Å². The third-order valence-corrected chi connectivity index (χ3v) is 7.45. The van der Waals surface area contributed by atoms with E-state index in [1.165, 1.54) is 6.07 Å². The lowest BCUT2D eigenvalue weighted by atomic mass is 9.68. The van der Waals surface area contributed by atoms with E-state index in [0.29, 0.717) is 23.8 Å². The van der Waals surface area contributed by atoms with Crippen LogP contribution in [0.25, 0.3) is 10.9 Å². The van der Waals surface area contributed by atoms with Gasteiger partial charge in [-0.1, -0.05) is 6.92 Å². The van der Waals surface area contributed by atoms with Crippen LogP contribution >= 0.6 is 0 Å². The van der Waals surface area contributed by atoms with Crippen LogP contribution in [0.2, 0.25) is 0 Å². The van der Waals surface area contributed by atoms with Gasteiger partial charge in [-0.15, -0.1) is 0 Å². The molecule has 30 heavy (non-hydrogen) atoms. The molecule has 1 aliphatic carbocycles. The number of fused-ring (bicyclic) bond motifs is 4. The summed E-state index contributed by atoms with van der Waals surface area (Å²) in [4.78, 5) is 5.74. The van der Waals surface area contributed by atoms with Crippen molar-refractivity contribution in [3.05, 3.63) is 35.0 Å². The number of hydrogen-bond acceptors (Lipinski definition) is 3. The molecule has 5 nitrogen and oxygen atoms in total. The van der Waals surface area contributed by atoms with Crippen molar-refractivity contribution >= 4 is 20.9 Å². The monoisotopic (exact) mass is 443 g/mol. The van der Waals surface area contributed by atoms with Crippen molar-refractivity contribution in [3.63, 3.8) is 0 Å². The molecule has 2 heterocycles. The number of H-pyrrole nitrogens is 1. The maximum absolute atomic E-state index is 13.2. The fourth-order valence-corrected chi connectivity index (χ4v) is 5.80. The summed E-state index contributed by atoms with van der Waals surface area (Å²) in [6.45, 7) is 5.25. The van der Waals surface area contributed by atoms with E-state index in [4.69, 9.17) is 0 Å². The molecular weight excluding hydrogens is 415 g/mol. The van der Waals surface area contributed by atoms with Crippen LogP contribution in [0, 0.1) is 11.8 Å². The van der Waals surface area contributed by atoms with Gasteiger partial charge in [-0.25, -0.2) is 13.1 Å². The summed E-state index contributed by atoms with van der Waals surface area (Å²) in [6.07, 6.45) is -0.515. The van der Waals surface area contributed by atoms with Crippen LogP contribution in [0.3, 0.4) is 0 Å². The van der Waals surface area contributed by atoms with Gasteiger partial charge in [-0.2, -0.15) is 13.2 Å². The zero-order valence-electron chi connectivity index (χ0n) is 17.2. The van der Waals surface area contributed by atoms with Crippen molar-refractivity contribution in [2.24, 2.45) is 11.8 Å². The van der Waals surface area contributed by atoms with E-state index in [0.717, 1.165) is 68.0 Å². The number of sulfonamides is 1. The fraction of sp³-hybridized carbons (Fsp3) is 0.619. The summed E-state index contributed by atoms with van der Waals surface area (Å²) in [5.41, 5.74) is 2.30. The molecule has 0 radical (unpaired) electrons. The van der Waals surface area contributed by atoms with E-state index in [9.17, 15) is 21.6 Å². The van der Waals surface area contributed by atoms with E-state index in [2.05, 4.69) is 21.5 Å². The van der Waals surface area contributed by atoms with Crippen LogP contribution in [-0.4, -0.2) is 50.7 Å².